The van der Waals surface area contributed by atoms with E-state index in [-0.39, 0.29) is 24.7 Å². The third-order valence-electron chi connectivity index (χ3n) is 5.24. The summed E-state index contributed by atoms with van der Waals surface area (Å²) in [5.41, 5.74) is 2.93. The van der Waals surface area contributed by atoms with Crippen molar-refractivity contribution in [3.63, 3.8) is 0 Å². The fourth-order valence-corrected chi connectivity index (χ4v) is 4.31. The normalized spacial score (nSPS) is 17.8. The van der Waals surface area contributed by atoms with Gasteiger partial charge in [0.1, 0.15) is 23.1 Å². The predicted molar refractivity (Wildman–Crippen MR) is 117 cm³/mol. The topological polar surface area (TPSA) is 111 Å². The summed E-state index contributed by atoms with van der Waals surface area (Å²) in [6.45, 7) is -0.368. The van der Waals surface area contributed by atoms with Gasteiger partial charge in [-0.2, -0.15) is 10.2 Å². The number of thiazole rings is 1. The Morgan fingerprint density at radius 3 is 3.03 bits per heavy atom. The number of hydrogen-bond acceptors (Lipinski definition) is 7. The molecule has 0 radical (unpaired) electrons. The van der Waals surface area contributed by atoms with Crippen molar-refractivity contribution in [2.45, 2.75) is 25.0 Å². The maximum absolute atomic E-state index is 12.9. The molecule has 0 aromatic carbocycles. The minimum atomic E-state index is -0.484. The van der Waals surface area contributed by atoms with Crippen molar-refractivity contribution in [1.29, 1.82) is 0 Å². The molecular weight excluding hydrogens is 433 g/mol. The van der Waals surface area contributed by atoms with Gasteiger partial charge in [-0.15, -0.1) is 11.3 Å². The molecule has 4 heterocycles. The Kier molecular flexibility index (Phi) is 5.73. The van der Waals surface area contributed by atoms with Crippen LogP contribution in [0.1, 0.15) is 29.4 Å². The van der Waals surface area contributed by atoms with Crippen LogP contribution < -0.4 is 5.32 Å². The Hall–Kier alpha value is -3.44. The van der Waals surface area contributed by atoms with Crippen LogP contribution in [0.15, 0.2) is 48.4 Å². The Morgan fingerprint density at radius 2 is 2.28 bits per heavy atom. The van der Waals surface area contributed by atoms with E-state index in [2.05, 4.69) is 30.6 Å². The van der Waals surface area contributed by atoms with Gasteiger partial charge in [-0.3, -0.25) is 19.6 Å². The summed E-state index contributed by atoms with van der Waals surface area (Å²) < 4.78 is 19.6. The van der Waals surface area contributed by atoms with Crippen LogP contribution in [0, 0.1) is 0 Å². The maximum Gasteiger partial charge on any atom is 0.275 e. The van der Waals surface area contributed by atoms with Crippen molar-refractivity contribution in [1.82, 2.24) is 29.9 Å². The van der Waals surface area contributed by atoms with E-state index in [1.807, 2.05) is 22.9 Å². The molecule has 11 heteroatoms. The second-order valence-corrected chi connectivity index (χ2v) is 8.23. The van der Waals surface area contributed by atoms with E-state index in [0.717, 1.165) is 18.4 Å². The van der Waals surface area contributed by atoms with Gasteiger partial charge in [0.2, 0.25) is 0 Å². The highest BCUT2D eigenvalue weighted by Gasteiger charge is 2.33. The third kappa shape index (κ3) is 4.16. The Morgan fingerprint density at radius 1 is 1.38 bits per heavy atom. The first kappa shape index (κ1) is 20.5. The third-order valence-corrected chi connectivity index (χ3v) is 6.14. The van der Waals surface area contributed by atoms with Gasteiger partial charge in [0.05, 0.1) is 36.3 Å². The zero-order valence-electron chi connectivity index (χ0n) is 16.9. The molecule has 1 fully saturated rings. The summed E-state index contributed by atoms with van der Waals surface area (Å²) in [6.07, 6.45) is 8.41. The number of anilines is 1. The van der Waals surface area contributed by atoms with Crippen LogP contribution in [0.5, 0.6) is 0 Å². The van der Waals surface area contributed by atoms with Crippen molar-refractivity contribution in [3.05, 3.63) is 54.1 Å². The van der Waals surface area contributed by atoms with Crippen molar-refractivity contribution < 1.29 is 13.9 Å². The van der Waals surface area contributed by atoms with E-state index in [1.54, 1.807) is 30.2 Å². The fourth-order valence-electron chi connectivity index (χ4n) is 3.53. The Bertz CT molecular complexity index is 1190. The summed E-state index contributed by atoms with van der Waals surface area (Å²) in [4.78, 5) is 21.7. The Balaban J connectivity index is 1.36. The monoisotopic (exact) mass is 453 g/mol. The lowest BCUT2D eigenvalue weighted by molar-refractivity contribution is -0.0329. The lowest BCUT2D eigenvalue weighted by atomic mass is 9.89. The van der Waals surface area contributed by atoms with Crippen LogP contribution in [-0.4, -0.2) is 55.2 Å². The molecule has 0 atom stereocenters. The SMILES string of the molecule is O=C(Nc1cn([C@H]2C[C@@H](OCCF)C2)nc1-c1ccccn1)c1csc(-c2cn[nH]c2)n1. The van der Waals surface area contributed by atoms with E-state index >= 15 is 0 Å². The van der Waals surface area contributed by atoms with E-state index in [1.165, 1.54) is 11.3 Å². The van der Waals surface area contributed by atoms with Crippen LogP contribution >= 0.6 is 11.3 Å². The number of halogens is 1. The van der Waals surface area contributed by atoms with Crippen molar-refractivity contribution in [2.24, 2.45) is 0 Å². The van der Waals surface area contributed by atoms with Crippen LogP contribution in [-0.2, 0) is 4.74 Å². The molecule has 9 nitrogen and oxygen atoms in total. The molecule has 1 aliphatic rings. The van der Waals surface area contributed by atoms with Gasteiger partial charge < -0.3 is 10.1 Å². The van der Waals surface area contributed by atoms with Gasteiger partial charge in [0, 0.05) is 29.5 Å². The van der Waals surface area contributed by atoms with Gasteiger partial charge in [0.25, 0.3) is 5.91 Å². The average Bonchev–Trinajstić information content (AvgIpc) is 3.54. The second kappa shape index (κ2) is 8.97. The minimum absolute atomic E-state index is 0.0349. The molecule has 5 rings (SSSR count). The molecule has 0 aliphatic heterocycles. The number of H-pyrrole nitrogens is 1. The number of nitrogens with zero attached hydrogens (tertiary/aromatic N) is 5. The number of nitrogens with one attached hydrogen (secondary N) is 2. The number of rotatable bonds is 8. The van der Waals surface area contributed by atoms with E-state index in [9.17, 15) is 9.18 Å². The van der Waals surface area contributed by atoms with Crippen molar-refractivity contribution in [3.8, 4) is 22.0 Å². The number of alkyl halides is 1. The molecular formula is C21H20FN7O2S. The zero-order valence-corrected chi connectivity index (χ0v) is 17.8. The quantitative estimate of drug-likeness (QED) is 0.421. The number of amides is 1. The molecule has 2 N–H and O–H groups in total. The van der Waals surface area contributed by atoms with Crippen LogP contribution in [0.3, 0.4) is 0 Å². The first-order chi connectivity index (χ1) is 15.7. The van der Waals surface area contributed by atoms with Crippen molar-refractivity contribution in [2.75, 3.05) is 18.6 Å². The number of carbonyl (C=O) groups is 1. The molecule has 0 unspecified atom stereocenters. The number of carbonyl (C=O) groups excluding carboxylic acids is 1. The van der Waals surface area contributed by atoms with Crippen LogP contribution in [0.2, 0.25) is 0 Å². The van der Waals surface area contributed by atoms with Gasteiger partial charge >= 0.3 is 0 Å². The van der Waals surface area contributed by atoms with Gasteiger partial charge in [-0.05, 0) is 25.0 Å². The molecule has 1 aliphatic carbocycles. The minimum Gasteiger partial charge on any atom is -0.375 e. The smallest absolute Gasteiger partial charge is 0.275 e. The predicted octanol–water partition coefficient (Wildman–Crippen LogP) is 3.73. The molecule has 0 bridgehead atoms. The Labute approximate surface area is 186 Å². The fraction of sp³-hybridized carbons (Fsp3) is 0.286. The summed E-state index contributed by atoms with van der Waals surface area (Å²) >= 11 is 1.37. The standard InChI is InChI=1S/C21H20FN7O2S/c22-4-6-31-15-7-14(8-15)29-11-17(19(28-29)16-3-1-2-5-23-16)26-20(30)18-12-32-21(27-18)13-9-24-25-10-13/h1-3,5,9-12,14-15H,4,6-8H2,(H,24,25)(H,26,30)/t14-,15+. The van der Waals surface area contributed by atoms with Crippen LogP contribution in [0.25, 0.3) is 22.0 Å². The summed E-state index contributed by atoms with van der Waals surface area (Å²) in [6, 6.07) is 5.66. The summed E-state index contributed by atoms with van der Waals surface area (Å²) in [7, 11) is 0. The highest BCUT2D eigenvalue weighted by Crippen LogP contribution is 2.37. The lowest BCUT2D eigenvalue weighted by Crippen LogP contribution is -2.34. The summed E-state index contributed by atoms with van der Waals surface area (Å²) in [5, 5.41) is 16.7. The molecule has 164 valence electrons. The largest absolute Gasteiger partial charge is 0.375 e. The lowest BCUT2D eigenvalue weighted by Gasteiger charge is -2.34. The van der Waals surface area contributed by atoms with Gasteiger partial charge in [-0.1, -0.05) is 6.07 Å². The number of aromatic nitrogens is 6. The highest BCUT2D eigenvalue weighted by molar-refractivity contribution is 7.13. The van der Waals surface area contributed by atoms with Crippen molar-refractivity contribution >= 4 is 22.9 Å². The zero-order chi connectivity index (χ0) is 21.9. The molecule has 4 aromatic rings. The van der Waals surface area contributed by atoms with Crippen LogP contribution in [0.4, 0.5) is 10.1 Å². The average molecular weight is 454 g/mol. The molecule has 32 heavy (non-hydrogen) atoms. The molecule has 1 saturated carbocycles. The van der Waals surface area contributed by atoms with Gasteiger partial charge in [-0.25, -0.2) is 9.37 Å². The first-order valence-electron chi connectivity index (χ1n) is 10.2. The first-order valence-corrected chi connectivity index (χ1v) is 11.0. The molecule has 1 amide bonds. The van der Waals surface area contributed by atoms with E-state index in [0.29, 0.717) is 27.8 Å². The number of aromatic amines is 1. The highest BCUT2D eigenvalue weighted by atomic mass is 32.1. The molecule has 0 spiro atoms. The molecule has 0 saturated heterocycles. The van der Waals surface area contributed by atoms with E-state index < -0.39 is 6.67 Å². The van der Waals surface area contributed by atoms with Gasteiger partial charge in [0.15, 0.2) is 0 Å². The second-order valence-electron chi connectivity index (χ2n) is 7.37. The maximum atomic E-state index is 12.9. The number of pyridine rings is 1. The number of hydrogen-bond donors (Lipinski definition) is 2. The summed E-state index contributed by atoms with van der Waals surface area (Å²) in [5.74, 6) is -0.328. The number of ether oxygens (including phenoxy) is 1. The van der Waals surface area contributed by atoms with E-state index in [4.69, 9.17) is 4.74 Å². The molecule has 4 aromatic heterocycles.